The van der Waals surface area contributed by atoms with Gasteiger partial charge in [0.05, 0.1) is 11.3 Å². The van der Waals surface area contributed by atoms with Crippen molar-refractivity contribution >= 4 is 17.5 Å². The smallest absolute Gasteiger partial charge is 0.270 e. The number of fused-ring (bicyclic) bond motifs is 1. The van der Waals surface area contributed by atoms with Crippen molar-refractivity contribution in [2.24, 2.45) is 0 Å². The summed E-state index contributed by atoms with van der Waals surface area (Å²) in [5, 5.41) is 2.86. The highest BCUT2D eigenvalue weighted by molar-refractivity contribution is 6.09. The second kappa shape index (κ2) is 7.66. The molecule has 0 saturated heterocycles. The van der Waals surface area contributed by atoms with Gasteiger partial charge in [-0.1, -0.05) is 13.0 Å². The van der Waals surface area contributed by atoms with Gasteiger partial charge in [-0.2, -0.15) is 0 Å². The van der Waals surface area contributed by atoms with Crippen LogP contribution in [0.15, 0.2) is 18.2 Å². The number of nitrogens with one attached hydrogen (secondary N) is 1. The van der Waals surface area contributed by atoms with E-state index in [1.165, 1.54) is 0 Å². The topological polar surface area (TPSA) is 67.9 Å². The maximum absolute atomic E-state index is 12.8. The highest BCUT2D eigenvalue weighted by Crippen LogP contribution is 2.40. The van der Waals surface area contributed by atoms with E-state index in [1.54, 1.807) is 44.1 Å². The molecule has 0 radical (unpaired) electrons. The minimum absolute atomic E-state index is 0.151. The van der Waals surface area contributed by atoms with Crippen LogP contribution in [0.3, 0.4) is 0 Å². The minimum atomic E-state index is -0.960. The molecule has 1 heterocycles. The van der Waals surface area contributed by atoms with Gasteiger partial charge in [-0.05, 0) is 38.8 Å². The number of amides is 2. The van der Waals surface area contributed by atoms with Crippen molar-refractivity contribution in [2.45, 2.75) is 39.2 Å². The molecule has 0 aromatic heterocycles. The van der Waals surface area contributed by atoms with E-state index in [0.29, 0.717) is 43.1 Å². The summed E-state index contributed by atoms with van der Waals surface area (Å²) in [4.78, 5) is 27.0. The third-order valence-electron chi connectivity index (χ3n) is 3.90. The summed E-state index contributed by atoms with van der Waals surface area (Å²) >= 11 is 0. The van der Waals surface area contributed by atoms with Gasteiger partial charge in [0.25, 0.3) is 11.8 Å². The van der Waals surface area contributed by atoms with E-state index < -0.39 is 5.60 Å². The zero-order chi connectivity index (χ0) is 17.7. The molecule has 6 nitrogen and oxygen atoms in total. The third kappa shape index (κ3) is 3.70. The highest BCUT2D eigenvalue weighted by atomic mass is 16.5. The summed E-state index contributed by atoms with van der Waals surface area (Å²) < 4.78 is 11.0. The molecule has 132 valence electrons. The molecule has 0 aliphatic carbocycles. The van der Waals surface area contributed by atoms with Crippen LogP contribution in [0.25, 0.3) is 0 Å². The second-order valence-electron chi connectivity index (χ2n) is 6.32. The largest absolute Gasteiger partial charge is 0.476 e. The highest BCUT2D eigenvalue weighted by Gasteiger charge is 2.42. The first-order valence-electron chi connectivity index (χ1n) is 8.33. The zero-order valence-electron chi connectivity index (χ0n) is 14.8. The van der Waals surface area contributed by atoms with Gasteiger partial charge in [0.2, 0.25) is 0 Å². The average molecular weight is 334 g/mol. The van der Waals surface area contributed by atoms with Crippen LogP contribution >= 0.6 is 0 Å². The Hall–Kier alpha value is -2.08. The molecular weight excluding hydrogens is 308 g/mol. The van der Waals surface area contributed by atoms with Gasteiger partial charge in [-0.15, -0.1) is 0 Å². The van der Waals surface area contributed by atoms with Crippen LogP contribution in [-0.2, 0) is 9.53 Å². The molecule has 1 aromatic rings. The Morgan fingerprint density at radius 2 is 2.12 bits per heavy atom. The van der Waals surface area contributed by atoms with E-state index in [1.807, 2.05) is 6.92 Å². The summed E-state index contributed by atoms with van der Waals surface area (Å²) in [6, 6.07) is 5.30. The number of hydrogen-bond donors (Lipinski definition) is 1. The molecule has 1 aliphatic rings. The van der Waals surface area contributed by atoms with Crippen LogP contribution in [0.2, 0.25) is 0 Å². The predicted octanol–water partition coefficient (Wildman–Crippen LogP) is 2.37. The maximum Gasteiger partial charge on any atom is 0.270 e. The average Bonchev–Trinajstić information content (AvgIpc) is 2.55. The summed E-state index contributed by atoms with van der Waals surface area (Å²) in [5.74, 6) is 0.213. The van der Waals surface area contributed by atoms with Crippen molar-refractivity contribution in [1.29, 1.82) is 0 Å². The van der Waals surface area contributed by atoms with E-state index in [0.717, 1.165) is 6.42 Å². The summed E-state index contributed by atoms with van der Waals surface area (Å²) in [7, 11) is 1.63. The number of para-hydroxylation sites is 1. The van der Waals surface area contributed by atoms with Gasteiger partial charge < -0.3 is 19.7 Å². The van der Waals surface area contributed by atoms with Crippen LogP contribution in [0.5, 0.6) is 5.75 Å². The Kier molecular flexibility index (Phi) is 5.83. The number of hydrogen-bond acceptors (Lipinski definition) is 4. The van der Waals surface area contributed by atoms with Gasteiger partial charge in [0.15, 0.2) is 5.60 Å². The first kappa shape index (κ1) is 18.3. The van der Waals surface area contributed by atoms with Crippen LogP contribution < -0.4 is 15.0 Å². The van der Waals surface area contributed by atoms with E-state index in [9.17, 15) is 9.59 Å². The molecule has 2 amide bonds. The predicted molar refractivity (Wildman–Crippen MR) is 92.6 cm³/mol. The molecule has 24 heavy (non-hydrogen) atoms. The number of anilines is 1. The standard InChI is InChI=1S/C18H26N2O4/c1-5-10-19-16(21)13-8-6-9-14-15(13)20(11-7-12-23-4)17(22)18(2,3)24-14/h6,8-9H,5,7,10-12H2,1-4H3,(H,19,21). The van der Waals surface area contributed by atoms with Crippen molar-refractivity contribution in [3.05, 3.63) is 23.8 Å². The number of rotatable bonds is 7. The number of benzene rings is 1. The second-order valence-corrected chi connectivity index (χ2v) is 6.32. The van der Waals surface area contributed by atoms with Crippen LogP contribution in [0, 0.1) is 0 Å². The molecule has 1 N–H and O–H groups in total. The van der Waals surface area contributed by atoms with Gasteiger partial charge >= 0.3 is 0 Å². The van der Waals surface area contributed by atoms with Crippen molar-refractivity contribution in [3.63, 3.8) is 0 Å². The van der Waals surface area contributed by atoms with Crippen LogP contribution in [0.4, 0.5) is 5.69 Å². The van der Waals surface area contributed by atoms with Crippen molar-refractivity contribution in [3.8, 4) is 5.75 Å². The van der Waals surface area contributed by atoms with Crippen molar-refractivity contribution in [1.82, 2.24) is 5.32 Å². The molecule has 0 atom stereocenters. The molecule has 0 fully saturated rings. The molecule has 1 aromatic carbocycles. The first-order chi connectivity index (χ1) is 11.4. The Balaban J connectivity index is 2.42. The number of nitrogens with zero attached hydrogens (tertiary/aromatic N) is 1. The van der Waals surface area contributed by atoms with Crippen molar-refractivity contribution in [2.75, 3.05) is 31.7 Å². The van der Waals surface area contributed by atoms with E-state index in [2.05, 4.69) is 5.32 Å². The van der Waals surface area contributed by atoms with Gasteiger partial charge in [0.1, 0.15) is 5.75 Å². The molecule has 0 saturated carbocycles. The van der Waals surface area contributed by atoms with E-state index in [-0.39, 0.29) is 11.8 Å². The monoisotopic (exact) mass is 334 g/mol. The normalized spacial score (nSPS) is 15.7. The molecule has 0 bridgehead atoms. The Bertz CT molecular complexity index is 613. The quantitative estimate of drug-likeness (QED) is 0.777. The van der Waals surface area contributed by atoms with E-state index in [4.69, 9.17) is 9.47 Å². The Morgan fingerprint density at radius 1 is 1.38 bits per heavy atom. The fraction of sp³-hybridized carbons (Fsp3) is 0.556. The summed E-state index contributed by atoms with van der Waals surface area (Å²) in [6.45, 7) is 7.09. The summed E-state index contributed by atoms with van der Waals surface area (Å²) in [6.07, 6.45) is 1.53. The minimum Gasteiger partial charge on any atom is -0.476 e. The van der Waals surface area contributed by atoms with Gasteiger partial charge in [0, 0.05) is 26.8 Å². The number of carbonyl (C=O) groups is 2. The third-order valence-corrected chi connectivity index (χ3v) is 3.90. The van der Waals surface area contributed by atoms with E-state index >= 15 is 0 Å². The molecule has 1 aliphatic heterocycles. The number of methoxy groups -OCH3 is 1. The molecule has 0 unspecified atom stereocenters. The molecular formula is C18H26N2O4. The molecule has 6 heteroatoms. The Labute approximate surface area is 143 Å². The lowest BCUT2D eigenvalue weighted by Gasteiger charge is -2.39. The molecule has 0 spiro atoms. The first-order valence-corrected chi connectivity index (χ1v) is 8.33. The van der Waals surface area contributed by atoms with Gasteiger partial charge in [-0.3, -0.25) is 9.59 Å². The lowest BCUT2D eigenvalue weighted by atomic mass is 10.0. The summed E-state index contributed by atoms with van der Waals surface area (Å²) in [5.41, 5.74) is 0.0484. The number of carbonyl (C=O) groups excluding carboxylic acids is 2. The zero-order valence-corrected chi connectivity index (χ0v) is 14.8. The maximum atomic E-state index is 12.8. The lowest BCUT2D eigenvalue weighted by Crippen LogP contribution is -2.53. The fourth-order valence-corrected chi connectivity index (χ4v) is 2.73. The Morgan fingerprint density at radius 3 is 2.79 bits per heavy atom. The SMILES string of the molecule is CCCNC(=O)c1cccc2c1N(CCCOC)C(=O)C(C)(C)O2. The van der Waals surface area contributed by atoms with Crippen LogP contribution in [-0.4, -0.2) is 44.2 Å². The van der Waals surface area contributed by atoms with Crippen molar-refractivity contribution < 1.29 is 19.1 Å². The number of ether oxygens (including phenoxy) is 2. The van der Waals surface area contributed by atoms with Crippen LogP contribution in [0.1, 0.15) is 44.0 Å². The molecule has 2 rings (SSSR count). The van der Waals surface area contributed by atoms with Gasteiger partial charge in [-0.25, -0.2) is 0 Å². The lowest BCUT2D eigenvalue weighted by molar-refractivity contribution is -0.132. The fourth-order valence-electron chi connectivity index (χ4n) is 2.73.